The quantitative estimate of drug-likeness (QED) is 0.840. The molecule has 0 radical (unpaired) electrons. The summed E-state index contributed by atoms with van der Waals surface area (Å²) in [5, 5.41) is 6.58. The Morgan fingerprint density at radius 1 is 1.58 bits per heavy atom. The van der Waals surface area contributed by atoms with Gasteiger partial charge in [0.15, 0.2) is 17.5 Å². The summed E-state index contributed by atoms with van der Waals surface area (Å²) in [6.07, 6.45) is 1.29. The predicted octanol–water partition coefficient (Wildman–Crippen LogP) is 0.502. The maximum Gasteiger partial charge on any atom is 0.257 e. The van der Waals surface area contributed by atoms with Crippen molar-refractivity contribution in [1.82, 2.24) is 25.1 Å². The number of hydrogen-bond acceptors (Lipinski definition) is 5. The predicted molar refractivity (Wildman–Crippen MR) is 65.5 cm³/mol. The summed E-state index contributed by atoms with van der Waals surface area (Å²) in [6.45, 7) is 1.92. The molecule has 19 heavy (non-hydrogen) atoms. The van der Waals surface area contributed by atoms with Crippen LogP contribution in [0.25, 0.3) is 0 Å². The fourth-order valence-electron chi connectivity index (χ4n) is 1.57. The van der Waals surface area contributed by atoms with Crippen LogP contribution in [-0.2, 0) is 6.54 Å². The van der Waals surface area contributed by atoms with Crippen molar-refractivity contribution in [2.75, 3.05) is 12.8 Å². The maximum absolute atomic E-state index is 13.7. The van der Waals surface area contributed by atoms with Gasteiger partial charge in [0.05, 0.1) is 12.1 Å². The SMILES string of the molecule is Cc1nc(CN(C)C(=O)c2ccnc(N)c2F)n[nH]1. The molecule has 8 heteroatoms. The van der Waals surface area contributed by atoms with Crippen LogP contribution in [0.1, 0.15) is 22.0 Å². The van der Waals surface area contributed by atoms with Gasteiger partial charge < -0.3 is 10.6 Å². The number of nitrogens with zero attached hydrogens (tertiary/aromatic N) is 4. The van der Waals surface area contributed by atoms with Gasteiger partial charge in [-0.05, 0) is 13.0 Å². The number of aromatic nitrogens is 4. The van der Waals surface area contributed by atoms with Gasteiger partial charge in [-0.2, -0.15) is 5.10 Å². The molecule has 0 aromatic carbocycles. The summed E-state index contributed by atoms with van der Waals surface area (Å²) < 4.78 is 13.7. The molecule has 0 fully saturated rings. The lowest BCUT2D eigenvalue weighted by Gasteiger charge is -2.15. The van der Waals surface area contributed by atoms with Crippen LogP contribution in [0.2, 0.25) is 0 Å². The van der Waals surface area contributed by atoms with Crippen molar-refractivity contribution in [2.45, 2.75) is 13.5 Å². The lowest BCUT2D eigenvalue weighted by molar-refractivity contribution is 0.0777. The molecule has 2 aromatic rings. The minimum Gasteiger partial charge on any atom is -0.381 e. The first-order chi connectivity index (χ1) is 8.99. The molecule has 0 aliphatic carbocycles. The van der Waals surface area contributed by atoms with Gasteiger partial charge in [-0.3, -0.25) is 9.89 Å². The van der Waals surface area contributed by atoms with E-state index in [9.17, 15) is 9.18 Å². The van der Waals surface area contributed by atoms with Gasteiger partial charge >= 0.3 is 0 Å². The molecule has 0 saturated heterocycles. The van der Waals surface area contributed by atoms with Crippen LogP contribution in [-0.4, -0.2) is 38.0 Å². The molecule has 3 N–H and O–H groups in total. The van der Waals surface area contributed by atoms with Crippen LogP contribution < -0.4 is 5.73 Å². The molecular formula is C11H13FN6O. The number of nitrogen functional groups attached to an aromatic ring is 1. The molecule has 2 rings (SSSR count). The fraction of sp³-hybridized carbons (Fsp3) is 0.273. The molecule has 7 nitrogen and oxygen atoms in total. The van der Waals surface area contributed by atoms with Gasteiger partial charge in [-0.15, -0.1) is 0 Å². The standard InChI is InChI=1S/C11H13FN6O/c1-6-15-8(17-16-6)5-18(2)11(19)7-3-4-14-10(13)9(7)12/h3-4H,5H2,1-2H3,(H2,13,14)(H,15,16,17). The highest BCUT2D eigenvalue weighted by Crippen LogP contribution is 2.14. The number of H-pyrrole nitrogens is 1. The van der Waals surface area contributed by atoms with Crippen molar-refractivity contribution < 1.29 is 9.18 Å². The van der Waals surface area contributed by atoms with Crippen molar-refractivity contribution in [3.63, 3.8) is 0 Å². The first-order valence-electron chi connectivity index (χ1n) is 5.52. The fourth-order valence-corrected chi connectivity index (χ4v) is 1.57. The van der Waals surface area contributed by atoms with Gasteiger partial charge in [-0.1, -0.05) is 0 Å². The van der Waals surface area contributed by atoms with E-state index in [1.807, 2.05) is 0 Å². The number of nitrogens with one attached hydrogen (secondary N) is 1. The van der Waals surface area contributed by atoms with Crippen molar-refractivity contribution in [3.8, 4) is 0 Å². The number of amides is 1. The molecule has 0 spiro atoms. The van der Waals surface area contributed by atoms with Gasteiger partial charge in [0.25, 0.3) is 5.91 Å². The zero-order valence-electron chi connectivity index (χ0n) is 10.5. The number of carbonyl (C=O) groups is 1. The highest BCUT2D eigenvalue weighted by atomic mass is 19.1. The summed E-state index contributed by atoms with van der Waals surface area (Å²) in [6, 6.07) is 1.29. The Labute approximate surface area is 108 Å². The van der Waals surface area contributed by atoms with E-state index in [0.717, 1.165) is 0 Å². The summed E-state index contributed by atoms with van der Waals surface area (Å²) in [7, 11) is 1.53. The number of hydrogen-bond donors (Lipinski definition) is 2. The molecule has 100 valence electrons. The Hall–Kier alpha value is -2.51. The van der Waals surface area contributed by atoms with Crippen LogP contribution in [0.5, 0.6) is 0 Å². The molecule has 1 amide bonds. The van der Waals surface area contributed by atoms with Gasteiger partial charge in [0.2, 0.25) is 0 Å². The van der Waals surface area contributed by atoms with Gasteiger partial charge in [-0.25, -0.2) is 14.4 Å². The van der Waals surface area contributed by atoms with E-state index >= 15 is 0 Å². The number of halogens is 1. The summed E-state index contributed by atoms with van der Waals surface area (Å²) in [4.78, 5) is 21.0. The average Bonchev–Trinajstić information content (AvgIpc) is 2.77. The zero-order chi connectivity index (χ0) is 14.0. The Kier molecular flexibility index (Phi) is 3.41. The van der Waals surface area contributed by atoms with E-state index in [1.165, 1.54) is 24.2 Å². The van der Waals surface area contributed by atoms with E-state index in [1.54, 1.807) is 6.92 Å². The largest absolute Gasteiger partial charge is 0.381 e. The normalized spacial score (nSPS) is 10.5. The number of rotatable bonds is 3. The Balaban J connectivity index is 2.17. The lowest BCUT2D eigenvalue weighted by Crippen LogP contribution is -2.28. The Bertz CT molecular complexity index is 611. The number of aryl methyl sites for hydroxylation is 1. The Morgan fingerprint density at radius 3 is 2.95 bits per heavy atom. The summed E-state index contributed by atoms with van der Waals surface area (Å²) in [5.74, 6) is -0.515. The highest BCUT2D eigenvalue weighted by molar-refractivity contribution is 5.94. The molecule has 0 bridgehead atoms. The number of carbonyl (C=O) groups excluding carboxylic acids is 1. The van der Waals surface area contributed by atoms with E-state index in [-0.39, 0.29) is 17.9 Å². The minimum atomic E-state index is -0.814. The van der Waals surface area contributed by atoms with Crippen molar-refractivity contribution in [1.29, 1.82) is 0 Å². The second-order valence-electron chi connectivity index (χ2n) is 4.06. The molecule has 0 atom stereocenters. The third-order valence-corrected chi connectivity index (χ3v) is 2.52. The highest BCUT2D eigenvalue weighted by Gasteiger charge is 2.19. The number of pyridine rings is 1. The van der Waals surface area contributed by atoms with Crippen LogP contribution in [0, 0.1) is 12.7 Å². The minimum absolute atomic E-state index is 0.123. The van der Waals surface area contributed by atoms with Crippen LogP contribution in [0.4, 0.5) is 10.2 Å². The molecule has 0 unspecified atom stereocenters. The van der Waals surface area contributed by atoms with Crippen molar-refractivity contribution in [2.24, 2.45) is 0 Å². The van der Waals surface area contributed by atoms with Crippen molar-refractivity contribution >= 4 is 11.7 Å². The number of aromatic amines is 1. The molecule has 0 aliphatic rings. The van der Waals surface area contributed by atoms with Crippen molar-refractivity contribution in [3.05, 3.63) is 35.3 Å². The average molecular weight is 264 g/mol. The van der Waals surface area contributed by atoms with Crippen LogP contribution in [0.3, 0.4) is 0 Å². The van der Waals surface area contributed by atoms with E-state index < -0.39 is 11.7 Å². The van der Waals surface area contributed by atoms with E-state index in [2.05, 4.69) is 20.2 Å². The Morgan fingerprint density at radius 2 is 2.32 bits per heavy atom. The number of nitrogens with two attached hydrogens (primary N) is 1. The van der Waals surface area contributed by atoms with Crippen LogP contribution >= 0.6 is 0 Å². The summed E-state index contributed by atoms with van der Waals surface area (Å²) >= 11 is 0. The van der Waals surface area contributed by atoms with E-state index in [4.69, 9.17) is 5.73 Å². The second kappa shape index (κ2) is 5.01. The summed E-state index contributed by atoms with van der Waals surface area (Å²) in [5.41, 5.74) is 5.21. The van der Waals surface area contributed by atoms with E-state index in [0.29, 0.717) is 11.6 Å². The topological polar surface area (TPSA) is 101 Å². The molecular weight excluding hydrogens is 251 g/mol. The molecule has 0 saturated carbocycles. The van der Waals surface area contributed by atoms with Gasteiger partial charge in [0, 0.05) is 13.2 Å². The molecule has 0 aliphatic heterocycles. The van der Waals surface area contributed by atoms with Gasteiger partial charge in [0.1, 0.15) is 5.82 Å². The third kappa shape index (κ3) is 2.67. The first kappa shape index (κ1) is 12.9. The smallest absolute Gasteiger partial charge is 0.257 e. The first-order valence-corrected chi connectivity index (χ1v) is 5.52. The van der Waals surface area contributed by atoms with Crippen LogP contribution in [0.15, 0.2) is 12.3 Å². The second-order valence-corrected chi connectivity index (χ2v) is 4.06. The zero-order valence-corrected chi connectivity index (χ0v) is 10.5. The number of anilines is 1. The molecule has 2 heterocycles. The monoisotopic (exact) mass is 264 g/mol. The molecule has 2 aromatic heterocycles. The lowest BCUT2D eigenvalue weighted by atomic mass is 10.2. The third-order valence-electron chi connectivity index (χ3n) is 2.52. The maximum atomic E-state index is 13.7.